The molecular formula is C16H17NO2. The molecule has 0 bridgehead atoms. The number of nitrogens with zero attached hydrogens (tertiary/aromatic N) is 1. The van der Waals surface area contributed by atoms with Crippen molar-refractivity contribution in [2.24, 2.45) is 5.92 Å². The highest BCUT2D eigenvalue weighted by molar-refractivity contribution is 6.01. The van der Waals surface area contributed by atoms with E-state index in [9.17, 15) is 9.90 Å². The van der Waals surface area contributed by atoms with Crippen molar-refractivity contribution in [3.63, 3.8) is 0 Å². The van der Waals surface area contributed by atoms with Crippen molar-refractivity contribution in [1.82, 2.24) is 4.90 Å². The molecule has 98 valence electrons. The van der Waals surface area contributed by atoms with Gasteiger partial charge in [-0.3, -0.25) is 4.79 Å². The number of fused-ring (bicyclic) bond motifs is 1. The summed E-state index contributed by atoms with van der Waals surface area (Å²) in [6, 6.07) is 11.2. The van der Waals surface area contributed by atoms with Gasteiger partial charge in [0.05, 0.1) is 5.56 Å². The Balaban J connectivity index is 2.00. The molecule has 2 aromatic carbocycles. The molecule has 1 heterocycles. The highest BCUT2D eigenvalue weighted by atomic mass is 16.3. The SMILES string of the molecule is CC1CCN(C(=O)c2cc3ccccc3cc2O)C1. The molecule has 3 nitrogen and oxygen atoms in total. The number of carbonyl (C=O) groups is 1. The Morgan fingerprint density at radius 3 is 2.58 bits per heavy atom. The molecule has 0 aliphatic carbocycles. The topological polar surface area (TPSA) is 40.5 Å². The van der Waals surface area contributed by atoms with Crippen molar-refractivity contribution in [2.45, 2.75) is 13.3 Å². The van der Waals surface area contributed by atoms with E-state index in [0.29, 0.717) is 11.5 Å². The van der Waals surface area contributed by atoms with E-state index in [-0.39, 0.29) is 11.7 Å². The van der Waals surface area contributed by atoms with E-state index in [1.807, 2.05) is 29.2 Å². The summed E-state index contributed by atoms with van der Waals surface area (Å²) in [7, 11) is 0. The number of benzene rings is 2. The Labute approximate surface area is 112 Å². The highest BCUT2D eigenvalue weighted by Crippen LogP contribution is 2.27. The lowest BCUT2D eigenvalue weighted by Gasteiger charge is -2.17. The first kappa shape index (κ1) is 12.0. The zero-order valence-corrected chi connectivity index (χ0v) is 11.0. The molecular weight excluding hydrogens is 238 g/mol. The molecule has 1 unspecified atom stereocenters. The summed E-state index contributed by atoms with van der Waals surface area (Å²) in [5, 5.41) is 12.0. The van der Waals surface area contributed by atoms with Crippen LogP contribution in [0.5, 0.6) is 5.75 Å². The zero-order valence-electron chi connectivity index (χ0n) is 11.0. The van der Waals surface area contributed by atoms with E-state index in [1.165, 1.54) is 0 Å². The molecule has 1 aliphatic heterocycles. The Bertz CT molecular complexity index is 636. The molecule has 19 heavy (non-hydrogen) atoms. The van der Waals surface area contributed by atoms with E-state index in [0.717, 1.165) is 30.3 Å². The van der Waals surface area contributed by atoms with Crippen molar-refractivity contribution >= 4 is 16.7 Å². The molecule has 0 spiro atoms. The van der Waals surface area contributed by atoms with Gasteiger partial charge in [0.2, 0.25) is 0 Å². The largest absolute Gasteiger partial charge is 0.507 e. The predicted molar refractivity (Wildman–Crippen MR) is 75.3 cm³/mol. The molecule has 1 atom stereocenters. The third-order valence-corrected chi connectivity index (χ3v) is 3.81. The Morgan fingerprint density at radius 2 is 1.95 bits per heavy atom. The van der Waals surface area contributed by atoms with Gasteiger partial charge in [0.15, 0.2) is 0 Å². The van der Waals surface area contributed by atoms with Crippen LogP contribution in [0.1, 0.15) is 23.7 Å². The maximum Gasteiger partial charge on any atom is 0.257 e. The number of rotatable bonds is 1. The van der Waals surface area contributed by atoms with Gasteiger partial charge in [-0.2, -0.15) is 0 Å². The minimum Gasteiger partial charge on any atom is -0.507 e. The standard InChI is InChI=1S/C16H17NO2/c1-11-6-7-17(10-11)16(19)14-8-12-4-2-3-5-13(12)9-15(14)18/h2-5,8-9,11,18H,6-7,10H2,1H3. The van der Waals surface area contributed by atoms with Crippen LogP contribution in [-0.2, 0) is 0 Å². The van der Waals surface area contributed by atoms with E-state index in [1.54, 1.807) is 12.1 Å². The number of phenolic OH excluding ortho intramolecular Hbond substituents is 1. The number of likely N-dealkylation sites (tertiary alicyclic amines) is 1. The quantitative estimate of drug-likeness (QED) is 0.851. The lowest BCUT2D eigenvalue weighted by molar-refractivity contribution is 0.0785. The number of hydrogen-bond acceptors (Lipinski definition) is 2. The first-order valence-corrected chi connectivity index (χ1v) is 6.66. The molecule has 0 aromatic heterocycles. The van der Waals surface area contributed by atoms with Crippen molar-refractivity contribution in [1.29, 1.82) is 0 Å². The van der Waals surface area contributed by atoms with Gasteiger partial charge in [-0.25, -0.2) is 0 Å². The second kappa shape index (κ2) is 4.57. The summed E-state index contributed by atoms with van der Waals surface area (Å²) in [6.07, 6.45) is 1.04. The Morgan fingerprint density at radius 1 is 1.26 bits per heavy atom. The van der Waals surface area contributed by atoms with Crippen LogP contribution in [0.4, 0.5) is 0 Å². The van der Waals surface area contributed by atoms with Gasteiger partial charge in [-0.05, 0) is 35.2 Å². The lowest BCUT2D eigenvalue weighted by Crippen LogP contribution is -2.28. The fourth-order valence-electron chi connectivity index (χ4n) is 2.69. The first-order valence-electron chi connectivity index (χ1n) is 6.66. The van der Waals surface area contributed by atoms with Crippen LogP contribution in [0.15, 0.2) is 36.4 Å². The van der Waals surface area contributed by atoms with Crippen molar-refractivity contribution in [3.8, 4) is 5.75 Å². The van der Waals surface area contributed by atoms with Gasteiger partial charge in [0.25, 0.3) is 5.91 Å². The van der Waals surface area contributed by atoms with Gasteiger partial charge < -0.3 is 10.0 Å². The maximum atomic E-state index is 12.4. The molecule has 1 aliphatic rings. The molecule has 2 aromatic rings. The summed E-state index contributed by atoms with van der Waals surface area (Å²) in [5.74, 6) is 0.558. The van der Waals surface area contributed by atoms with Crippen molar-refractivity contribution in [2.75, 3.05) is 13.1 Å². The monoisotopic (exact) mass is 255 g/mol. The third-order valence-electron chi connectivity index (χ3n) is 3.81. The molecule has 1 N–H and O–H groups in total. The van der Waals surface area contributed by atoms with Gasteiger partial charge in [-0.1, -0.05) is 31.2 Å². The van der Waals surface area contributed by atoms with Crippen molar-refractivity contribution in [3.05, 3.63) is 42.0 Å². The molecule has 1 saturated heterocycles. The molecule has 1 fully saturated rings. The number of aromatic hydroxyl groups is 1. The fourth-order valence-corrected chi connectivity index (χ4v) is 2.69. The minimum absolute atomic E-state index is 0.0624. The fraction of sp³-hybridized carbons (Fsp3) is 0.312. The highest BCUT2D eigenvalue weighted by Gasteiger charge is 2.25. The van der Waals surface area contributed by atoms with Crippen LogP contribution >= 0.6 is 0 Å². The molecule has 0 radical (unpaired) electrons. The van der Waals surface area contributed by atoms with Gasteiger partial charge >= 0.3 is 0 Å². The molecule has 0 saturated carbocycles. The summed E-state index contributed by atoms with van der Waals surface area (Å²) >= 11 is 0. The summed E-state index contributed by atoms with van der Waals surface area (Å²) in [6.45, 7) is 3.71. The van der Waals surface area contributed by atoms with Crippen LogP contribution < -0.4 is 0 Å². The maximum absolute atomic E-state index is 12.4. The smallest absolute Gasteiger partial charge is 0.257 e. The van der Waals surface area contributed by atoms with Crippen LogP contribution in [0.2, 0.25) is 0 Å². The summed E-state index contributed by atoms with van der Waals surface area (Å²) < 4.78 is 0. The average Bonchev–Trinajstić information content (AvgIpc) is 2.84. The Kier molecular flexibility index (Phi) is 2.90. The second-order valence-electron chi connectivity index (χ2n) is 5.36. The van der Waals surface area contributed by atoms with Crippen LogP contribution in [0, 0.1) is 5.92 Å². The molecule has 3 rings (SSSR count). The van der Waals surface area contributed by atoms with E-state index in [2.05, 4.69) is 6.92 Å². The lowest BCUT2D eigenvalue weighted by atomic mass is 10.1. The number of amides is 1. The second-order valence-corrected chi connectivity index (χ2v) is 5.36. The van der Waals surface area contributed by atoms with Crippen LogP contribution in [-0.4, -0.2) is 29.0 Å². The number of carbonyl (C=O) groups excluding carboxylic acids is 1. The van der Waals surface area contributed by atoms with E-state index >= 15 is 0 Å². The zero-order chi connectivity index (χ0) is 13.4. The number of hydrogen-bond donors (Lipinski definition) is 1. The van der Waals surface area contributed by atoms with Crippen molar-refractivity contribution < 1.29 is 9.90 Å². The van der Waals surface area contributed by atoms with Crippen LogP contribution in [0.25, 0.3) is 10.8 Å². The molecule has 1 amide bonds. The van der Waals surface area contributed by atoms with Crippen LogP contribution in [0.3, 0.4) is 0 Å². The first-order chi connectivity index (χ1) is 9.15. The predicted octanol–water partition coefficient (Wildman–Crippen LogP) is 3.03. The van der Waals surface area contributed by atoms with Gasteiger partial charge in [0, 0.05) is 13.1 Å². The number of phenols is 1. The Hall–Kier alpha value is -2.03. The normalized spacial score (nSPS) is 19.0. The summed E-state index contributed by atoms with van der Waals surface area (Å²) in [4.78, 5) is 14.3. The average molecular weight is 255 g/mol. The third kappa shape index (κ3) is 2.16. The summed E-state index contributed by atoms with van der Waals surface area (Å²) in [5.41, 5.74) is 0.410. The molecule has 3 heteroatoms. The minimum atomic E-state index is -0.0624. The van der Waals surface area contributed by atoms with Gasteiger partial charge in [-0.15, -0.1) is 0 Å². The van der Waals surface area contributed by atoms with E-state index < -0.39 is 0 Å². The van der Waals surface area contributed by atoms with E-state index in [4.69, 9.17) is 0 Å². The van der Waals surface area contributed by atoms with Gasteiger partial charge in [0.1, 0.15) is 5.75 Å².